The summed E-state index contributed by atoms with van der Waals surface area (Å²) in [6.07, 6.45) is 0.183. The van der Waals surface area contributed by atoms with E-state index in [-0.39, 0.29) is 25.2 Å². The van der Waals surface area contributed by atoms with Gasteiger partial charge in [0.05, 0.1) is 40.6 Å². The highest BCUT2D eigenvalue weighted by molar-refractivity contribution is 5.77. The molecule has 21 heavy (non-hydrogen) atoms. The molecule has 6 nitrogen and oxygen atoms in total. The number of hydrogen-bond acceptors (Lipinski definition) is 6. The Kier molecular flexibility index (Phi) is 6.39. The zero-order valence-corrected chi connectivity index (χ0v) is 12.3. The van der Waals surface area contributed by atoms with Crippen molar-refractivity contribution in [2.75, 3.05) is 21.3 Å². The molecule has 0 saturated heterocycles. The Balaban J connectivity index is 3.03. The molecule has 0 aliphatic heterocycles. The van der Waals surface area contributed by atoms with E-state index in [1.54, 1.807) is 18.2 Å². The Morgan fingerprint density at radius 3 is 1.76 bits per heavy atom. The van der Waals surface area contributed by atoms with E-state index in [2.05, 4.69) is 14.2 Å². The standard InChI is InChI=1S/C15H18O6/c1-19-13(16)7-10-4-5-11(8-14(17)20-2)12(6-10)9-15(18)21-3/h4-6H,7-9H2,1-3H3. The molecule has 0 unspecified atom stereocenters. The summed E-state index contributed by atoms with van der Waals surface area (Å²) in [5, 5.41) is 0. The molecule has 1 rings (SSSR count). The molecular formula is C15H18O6. The quantitative estimate of drug-likeness (QED) is 0.571. The summed E-state index contributed by atoms with van der Waals surface area (Å²) < 4.78 is 13.9. The van der Waals surface area contributed by atoms with Crippen LogP contribution in [0.3, 0.4) is 0 Å². The minimum absolute atomic E-state index is 0.0256. The predicted molar refractivity (Wildman–Crippen MR) is 73.6 cm³/mol. The smallest absolute Gasteiger partial charge is 0.309 e. The van der Waals surface area contributed by atoms with Crippen LogP contribution in [0.2, 0.25) is 0 Å². The maximum Gasteiger partial charge on any atom is 0.309 e. The monoisotopic (exact) mass is 294 g/mol. The molecule has 1 aromatic rings. The summed E-state index contributed by atoms with van der Waals surface area (Å²) >= 11 is 0. The van der Waals surface area contributed by atoms with Crippen LogP contribution in [-0.4, -0.2) is 39.2 Å². The topological polar surface area (TPSA) is 78.9 Å². The molecule has 0 saturated carbocycles. The molecule has 0 fully saturated rings. The van der Waals surface area contributed by atoms with Crippen molar-refractivity contribution in [1.82, 2.24) is 0 Å². The first kappa shape index (κ1) is 16.7. The van der Waals surface area contributed by atoms with Gasteiger partial charge in [0.15, 0.2) is 0 Å². The van der Waals surface area contributed by atoms with Gasteiger partial charge in [0.2, 0.25) is 0 Å². The van der Waals surface area contributed by atoms with Crippen LogP contribution in [0, 0.1) is 0 Å². The number of ether oxygens (including phenoxy) is 3. The molecule has 1 aromatic carbocycles. The van der Waals surface area contributed by atoms with Gasteiger partial charge >= 0.3 is 17.9 Å². The van der Waals surface area contributed by atoms with Gasteiger partial charge in [0, 0.05) is 0 Å². The van der Waals surface area contributed by atoms with Gasteiger partial charge in [-0.15, -0.1) is 0 Å². The average Bonchev–Trinajstić information content (AvgIpc) is 2.49. The molecule has 0 aliphatic rings. The van der Waals surface area contributed by atoms with E-state index in [1.807, 2.05) is 0 Å². The van der Waals surface area contributed by atoms with Crippen molar-refractivity contribution in [2.24, 2.45) is 0 Å². The van der Waals surface area contributed by atoms with E-state index in [0.29, 0.717) is 16.7 Å². The molecule has 0 atom stereocenters. The molecule has 0 aliphatic carbocycles. The van der Waals surface area contributed by atoms with E-state index < -0.39 is 11.9 Å². The number of methoxy groups -OCH3 is 3. The van der Waals surface area contributed by atoms with E-state index >= 15 is 0 Å². The highest BCUT2D eigenvalue weighted by Gasteiger charge is 2.14. The van der Waals surface area contributed by atoms with Crippen LogP contribution in [0.5, 0.6) is 0 Å². The van der Waals surface area contributed by atoms with Crippen LogP contribution >= 0.6 is 0 Å². The van der Waals surface area contributed by atoms with Crippen LogP contribution in [0.1, 0.15) is 16.7 Å². The van der Waals surface area contributed by atoms with Crippen LogP contribution in [0.15, 0.2) is 18.2 Å². The van der Waals surface area contributed by atoms with Gasteiger partial charge in [-0.25, -0.2) is 0 Å². The molecule has 0 spiro atoms. The fraction of sp³-hybridized carbons (Fsp3) is 0.400. The van der Waals surface area contributed by atoms with Crippen molar-refractivity contribution in [3.8, 4) is 0 Å². The maximum absolute atomic E-state index is 11.4. The van der Waals surface area contributed by atoms with Crippen molar-refractivity contribution in [3.63, 3.8) is 0 Å². The third-order valence-electron chi connectivity index (χ3n) is 2.97. The first-order valence-electron chi connectivity index (χ1n) is 6.31. The van der Waals surface area contributed by atoms with Crippen LogP contribution in [0.4, 0.5) is 0 Å². The Hall–Kier alpha value is -2.37. The molecule has 0 N–H and O–H groups in total. The number of carbonyl (C=O) groups is 3. The Morgan fingerprint density at radius 2 is 1.24 bits per heavy atom. The van der Waals surface area contributed by atoms with Crippen LogP contribution in [-0.2, 0) is 47.9 Å². The van der Waals surface area contributed by atoms with E-state index in [9.17, 15) is 14.4 Å². The molecule has 114 valence electrons. The average molecular weight is 294 g/mol. The van der Waals surface area contributed by atoms with Crippen molar-refractivity contribution in [3.05, 3.63) is 34.9 Å². The lowest BCUT2D eigenvalue weighted by Gasteiger charge is -2.10. The Morgan fingerprint density at radius 1 is 0.762 bits per heavy atom. The molecule has 0 amide bonds. The minimum Gasteiger partial charge on any atom is -0.469 e. The Labute approximate surface area is 123 Å². The van der Waals surface area contributed by atoms with Crippen LogP contribution in [0.25, 0.3) is 0 Å². The van der Waals surface area contributed by atoms with E-state index in [1.165, 1.54) is 21.3 Å². The second-order valence-electron chi connectivity index (χ2n) is 4.36. The van der Waals surface area contributed by atoms with Gasteiger partial charge < -0.3 is 14.2 Å². The molecule has 0 bridgehead atoms. The molecular weight excluding hydrogens is 276 g/mol. The van der Waals surface area contributed by atoms with Gasteiger partial charge in [-0.05, 0) is 16.7 Å². The summed E-state index contributed by atoms with van der Waals surface area (Å²) in [7, 11) is 3.90. The third kappa shape index (κ3) is 5.25. The van der Waals surface area contributed by atoms with Crippen LogP contribution < -0.4 is 0 Å². The fourth-order valence-electron chi connectivity index (χ4n) is 1.82. The van der Waals surface area contributed by atoms with Gasteiger partial charge in [-0.3, -0.25) is 14.4 Å². The largest absolute Gasteiger partial charge is 0.469 e. The molecule has 0 heterocycles. The number of benzene rings is 1. The van der Waals surface area contributed by atoms with E-state index in [0.717, 1.165) is 0 Å². The maximum atomic E-state index is 11.4. The normalized spacial score (nSPS) is 9.86. The lowest BCUT2D eigenvalue weighted by Crippen LogP contribution is -2.12. The summed E-state index contributed by atoms with van der Waals surface area (Å²) in [4.78, 5) is 34.1. The number of rotatable bonds is 6. The highest BCUT2D eigenvalue weighted by Crippen LogP contribution is 2.16. The summed E-state index contributed by atoms with van der Waals surface area (Å²) in [6.45, 7) is 0. The fourth-order valence-corrected chi connectivity index (χ4v) is 1.82. The zero-order valence-electron chi connectivity index (χ0n) is 12.3. The van der Waals surface area contributed by atoms with Crippen molar-refractivity contribution in [1.29, 1.82) is 0 Å². The second-order valence-corrected chi connectivity index (χ2v) is 4.36. The molecule has 0 radical (unpaired) electrons. The first-order valence-corrected chi connectivity index (χ1v) is 6.31. The number of hydrogen-bond donors (Lipinski definition) is 0. The minimum atomic E-state index is -0.420. The van der Waals surface area contributed by atoms with E-state index in [4.69, 9.17) is 0 Å². The molecule has 0 aromatic heterocycles. The van der Waals surface area contributed by atoms with Gasteiger partial charge in [-0.2, -0.15) is 0 Å². The lowest BCUT2D eigenvalue weighted by atomic mass is 9.98. The first-order chi connectivity index (χ1) is 9.99. The summed E-state index contributed by atoms with van der Waals surface area (Å²) in [5.41, 5.74) is 2.00. The van der Waals surface area contributed by atoms with Crippen molar-refractivity contribution >= 4 is 17.9 Å². The second kappa shape index (κ2) is 8.04. The van der Waals surface area contributed by atoms with Gasteiger partial charge in [0.1, 0.15) is 0 Å². The zero-order chi connectivity index (χ0) is 15.8. The van der Waals surface area contributed by atoms with Crippen molar-refractivity contribution < 1.29 is 28.6 Å². The van der Waals surface area contributed by atoms with Gasteiger partial charge in [-0.1, -0.05) is 18.2 Å². The van der Waals surface area contributed by atoms with Crippen molar-refractivity contribution in [2.45, 2.75) is 19.3 Å². The number of esters is 3. The summed E-state index contributed by atoms with van der Waals surface area (Å²) in [5.74, 6) is -1.20. The number of carbonyl (C=O) groups excluding carboxylic acids is 3. The SMILES string of the molecule is COC(=O)Cc1ccc(CC(=O)OC)c(CC(=O)OC)c1. The van der Waals surface area contributed by atoms with Gasteiger partial charge in [0.25, 0.3) is 0 Å². The third-order valence-corrected chi connectivity index (χ3v) is 2.97. The highest BCUT2D eigenvalue weighted by atomic mass is 16.5. The Bertz CT molecular complexity index is 535. The molecule has 6 heteroatoms. The predicted octanol–water partition coefficient (Wildman–Crippen LogP) is 0.833. The summed E-state index contributed by atoms with van der Waals surface area (Å²) in [6, 6.07) is 5.12. The lowest BCUT2D eigenvalue weighted by molar-refractivity contribution is -0.141.